The fourth-order valence-corrected chi connectivity index (χ4v) is 3.20. The molecule has 6 heteroatoms. The Balaban J connectivity index is 1.57. The molecule has 2 heterocycles. The van der Waals surface area contributed by atoms with Crippen LogP contribution >= 0.6 is 0 Å². The van der Waals surface area contributed by atoms with Gasteiger partial charge in [0.25, 0.3) is 5.91 Å². The lowest BCUT2D eigenvalue weighted by Gasteiger charge is -2.08. The number of para-hydroxylation sites is 1. The zero-order chi connectivity index (χ0) is 18.5. The van der Waals surface area contributed by atoms with Gasteiger partial charge < -0.3 is 10.1 Å². The maximum Gasteiger partial charge on any atom is 0.291 e. The van der Waals surface area contributed by atoms with E-state index in [9.17, 15) is 4.79 Å². The Labute approximate surface area is 158 Å². The summed E-state index contributed by atoms with van der Waals surface area (Å²) < 4.78 is 7.30. The Morgan fingerprint density at radius 3 is 2.56 bits per heavy atom. The smallest absolute Gasteiger partial charge is 0.291 e. The number of nitrogens with one attached hydrogen (secondary N) is 1. The molecule has 138 valence electrons. The molecule has 0 aliphatic carbocycles. The van der Waals surface area contributed by atoms with Gasteiger partial charge >= 0.3 is 0 Å². The maximum atomic E-state index is 12.5. The Morgan fingerprint density at radius 1 is 1.11 bits per heavy atom. The summed E-state index contributed by atoms with van der Waals surface area (Å²) in [6.07, 6.45) is 2.71. The van der Waals surface area contributed by atoms with Crippen molar-refractivity contribution in [2.75, 3.05) is 13.2 Å². The highest BCUT2D eigenvalue weighted by molar-refractivity contribution is 5.90. The van der Waals surface area contributed by atoms with Crippen LogP contribution in [-0.4, -0.2) is 39.9 Å². The van der Waals surface area contributed by atoms with E-state index in [0.717, 1.165) is 36.5 Å². The highest BCUT2D eigenvalue weighted by Gasteiger charge is 2.20. The third-order valence-electron chi connectivity index (χ3n) is 4.60. The molecule has 2 aromatic carbocycles. The Hall–Kier alpha value is -2.99. The van der Waals surface area contributed by atoms with Crippen molar-refractivity contribution in [2.45, 2.75) is 25.4 Å². The number of carbonyl (C=O) groups is 1. The first-order valence-corrected chi connectivity index (χ1v) is 9.25. The van der Waals surface area contributed by atoms with Gasteiger partial charge in [0.1, 0.15) is 5.82 Å². The first kappa shape index (κ1) is 17.4. The zero-order valence-corrected chi connectivity index (χ0v) is 15.0. The van der Waals surface area contributed by atoms with Crippen molar-refractivity contribution in [1.82, 2.24) is 20.1 Å². The molecular weight excluding hydrogens is 340 g/mol. The standard InChI is InChI=1S/C21H22N4O2/c26-21(22-15-18-12-7-13-27-18)20-23-19(14-16-8-3-1-4-9-16)25(24-20)17-10-5-2-6-11-17/h1-6,8-11,18H,7,12-15H2,(H,22,26). The predicted molar refractivity (Wildman–Crippen MR) is 102 cm³/mol. The summed E-state index contributed by atoms with van der Waals surface area (Å²) in [4.78, 5) is 17.1. The van der Waals surface area contributed by atoms with Crippen molar-refractivity contribution >= 4 is 5.91 Å². The highest BCUT2D eigenvalue weighted by atomic mass is 16.5. The molecule has 1 amide bonds. The molecule has 0 saturated carbocycles. The van der Waals surface area contributed by atoms with Crippen molar-refractivity contribution < 1.29 is 9.53 Å². The molecule has 1 aliphatic rings. The minimum absolute atomic E-state index is 0.0916. The first-order valence-electron chi connectivity index (χ1n) is 9.25. The van der Waals surface area contributed by atoms with Crippen molar-refractivity contribution in [1.29, 1.82) is 0 Å². The average molecular weight is 362 g/mol. The number of hydrogen-bond acceptors (Lipinski definition) is 4. The highest BCUT2D eigenvalue weighted by Crippen LogP contribution is 2.14. The molecule has 1 atom stereocenters. The second-order valence-corrected chi connectivity index (χ2v) is 6.61. The number of rotatable bonds is 6. The molecular formula is C21H22N4O2. The molecule has 1 N–H and O–H groups in total. The monoisotopic (exact) mass is 362 g/mol. The van der Waals surface area contributed by atoms with Crippen molar-refractivity contribution in [2.24, 2.45) is 0 Å². The van der Waals surface area contributed by atoms with Gasteiger partial charge in [-0.3, -0.25) is 4.79 Å². The maximum absolute atomic E-state index is 12.5. The number of benzene rings is 2. The number of ether oxygens (including phenoxy) is 1. The van der Waals surface area contributed by atoms with Gasteiger partial charge in [0.2, 0.25) is 5.82 Å². The molecule has 4 rings (SSSR count). The van der Waals surface area contributed by atoms with E-state index in [4.69, 9.17) is 4.74 Å². The molecule has 1 aromatic heterocycles. The lowest BCUT2D eigenvalue weighted by atomic mass is 10.1. The Morgan fingerprint density at radius 2 is 1.85 bits per heavy atom. The van der Waals surface area contributed by atoms with Crippen molar-refractivity contribution in [3.8, 4) is 5.69 Å². The van der Waals surface area contributed by atoms with E-state index in [2.05, 4.69) is 15.4 Å². The SMILES string of the molecule is O=C(NCC1CCCO1)c1nc(Cc2ccccc2)n(-c2ccccc2)n1. The van der Waals surface area contributed by atoms with E-state index in [-0.39, 0.29) is 17.8 Å². The number of hydrogen-bond donors (Lipinski definition) is 1. The third kappa shape index (κ3) is 4.23. The molecule has 3 aromatic rings. The van der Waals surface area contributed by atoms with E-state index in [1.807, 2.05) is 60.7 Å². The van der Waals surface area contributed by atoms with E-state index in [1.165, 1.54) is 0 Å². The van der Waals surface area contributed by atoms with Crippen molar-refractivity contribution in [3.63, 3.8) is 0 Å². The van der Waals surface area contributed by atoms with Gasteiger partial charge in [-0.25, -0.2) is 9.67 Å². The summed E-state index contributed by atoms with van der Waals surface area (Å²) in [6, 6.07) is 19.8. The quantitative estimate of drug-likeness (QED) is 0.732. The lowest BCUT2D eigenvalue weighted by molar-refractivity contribution is 0.0849. The van der Waals surface area contributed by atoms with Crippen LogP contribution in [0.3, 0.4) is 0 Å². The van der Waals surface area contributed by atoms with Gasteiger partial charge in [-0.05, 0) is 30.5 Å². The Kier molecular flexibility index (Phi) is 5.25. The van der Waals surface area contributed by atoms with E-state index in [1.54, 1.807) is 4.68 Å². The fraction of sp³-hybridized carbons (Fsp3) is 0.286. The van der Waals surface area contributed by atoms with Crippen LogP contribution in [0.4, 0.5) is 0 Å². The van der Waals surface area contributed by atoms with Crippen LogP contribution in [0.25, 0.3) is 5.69 Å². The lowest BCUT2D eigenvalue weighted by Crippen LogP contribution is -2.32. The molecule has 0 bridgehead atoms. The summed E-state index contributed by atoms with van der Waals surface area (Å²) >= 11 is 0. The number of aromatic nitrogens is 3. The van der Waals surface area contributed by atoms with E-state index >= 15 is 0 Å². The first-order chi connectivity index (χ1) is 13.3. The van der Waals surface area contributed by atoms with Crippen LogP contribution in [0.2, 0.25) is 0 Å². The van der Waals surface area contributed by atoms with Crippen LogP contribution in [0.1, 0.15) is 34.8 Å². The van der Waals surface area contributed by atoms with Crippen LogP contribution in [0, 0.1) is 0 Å². The summed E-state index contributed by atoms with van der Waals surface area (Å²) in [5, 5.41) is 7.37. The summed E-state index contributed by atoms with van der Waals surface area (Å²) in [5.74, 6) is 0.645. The zero-order valence-electron chi connectivity index (χ0n) is 15.0. The molecule has 6 nitrogen and oxygen atoms in total. The average Bonchev–Trinajstić information content (AvgIpc) is 3.38. The van der Waals surface area contributed by atoms with Crippen molar-refractivity contribution in [3.05, 3.63) is 77.9 Å². The summed E-state index contributed by atoms with van der Waals surface area (Å²) in [5.41, 5.74) is 2.00. The minimum atomic E-state index is -0.269. The van der Waals surface area contributed by atoms with Gasteiger partial charge in [-0.1, -0.05) is 48.5 Å². The normalized spacial score (nSPS) is 16.4. The topological polar surface area (TPSA) is 69.0 Å². The van der Waals surface area contributed by atoms with Crippen LogP contribution in [0.5, 0.6) is 0 Å². The molecule has 1 fully saturated rings. The molecule has 0 spiro atoms. The van der Waals surface area contributed by atoms with E-state index in [0.29, 0.717) is 13.0 Å². The molecule has 27 heavy (non-hydrogen) atoms. The third-order valence-corrected chi connectivity index (χ3v) is 4.60. The largest absolute Gasteiger partial charge is 0.376 e. The summed E-state index contributed by atoms with van der Waals surface area (Å²) in [7, 11) is 0. The number of amides is 1. The molecule has 1 saturated heterocycles. The second kappa shape index (κ2) is 8.14. The number of nitrogens with zero attached hydrogens (tertiary/aromatic N) is 3. The molecule has 0 radical (unpaired) electrons. The van der Waals surface area contributed by atoms with Gasteiger partial charge in [0.05, 0.1) is 11.8 Å². The fourth-order valence-electron chi connectivity index (χ4n) is 3.20. The van der Waals surface area contributed by atoms with Crippen LogP contribution in [-0.2, 0) is 11.2 Å². The Bertz CT molecular complexity index is 887. The predicted octanol–water partition coefficient (Wildman–Crippen LogP) is 2.77. The van der Waals surface area contributed by atoms with Crippen LogP contribution < -0.4 is 5.32 Å². The molecule has 1 unspecified atom stereocenters. The van der Waals surface area contributed by atoms with E-state index < -0.39 is 0 Å². The van der Waals surface area contributed by atoms with Gasteiger partial charge in [-0.15, -0.1) is 5.10 Å². The van der Waals surface area contributed by atoms with Gasteiger partial charge in [0, 0.05) is 19.6 Å². The second-order valence-electron chi connectivity index (χ2n) is 6.61. The van der Waals surface area contributed by atoms with Gasteiger partial charge in [-0.2, -0.15) is 0 Å². The molecule has 1 aliphatic heterocycles. The minimum Gasteiger partial charge on any atom is -0.376 e. The summed E-state index contributed by atoms with van der Waals surface area (Å²) in [6.45, 7) is 1.26. The van der Waals surface area contributed by atoms with Gasteiger partial charge in [0.15, 0.2) is 0 Å². The number of carbonyl (C=O) groups excluding carboxylic acids is 1. The van der Waals surface area contributed by atoms with Crippen LogP contribution in [0.15, 0.2) is 60.7 Å².